The van der Waals surface area contributed by atoms with Crippen LogP contribution in [0.1, 0.15) is 20.3 Å². The van der Waals surface area contributed by atoms with E-state index in [1.807, 2.05) is 6.07 Å². The fourth-order valence-electron chi connectivity index (χ4n) is 2.45. The quantitative estimate of drug-likeness (QED) is 0.773. The first-order valence-corrected chi connectivity index (χ1v) is 7.43. The van der Waals surface area contributed by atoms with Crippen LogP contribution in [0.5, 0.6) is 0 Å². The molecule has 1 aromatic carbocycles. The molecule has 2 N–H and O–H groups in total. The van der Waals surface area contributed by atoms with Gasteiger partial charge in [0.15, 0.2) is 0 Å². The summed E-state index contributed by atoms with van der Waals surface area (Å²) in [6, 6.07) is 6.99. The van der Waals surface area contributed by atoms with Gasteiger partial charge < -0.3 is 10.6 Å². The second-order valence-electron chi connectivity index (χ2n) is 4.84. The molecule has 4 heteroatoms. The predicted octanol–water partition coefficient (Wildman–Crippen LogP) is 3.51. The van der Waals surface area contributed by atoms with Crippen LogP contribution in [0.2, 0.25) is 5.02 Å². The minimum absolute atomic E-state index is 0.309. The molecule has 1 aromatic rings. The van der Waals surface area contributed by atoms with E-state index in [4.69, 9.17) is 17.3 Å². The zero-order valence-electron chi connectivity index (χ0n) is 10.2. The molecule has 1 saturated heterocycles. The van der Waals surface area contributed by atoms with Gasteiger partial charge in [-0.15, -0.1) is 0 Å². The SMILES string of the molecule is CC1C(N)CCN(c2ccc(I)cc2Cl)C1C. The van der Waals surface area contributed by atoms with Gasteiger partial charge in [0.2, 0.25) is 0 Å². The Kier molecular flexibility index (Phi) is 4.21. The number of rotatable bonds is 1. The van der Waals surface area contributed by atoms with Crippen LogP contribution in [-0.2, 0) is 0 Å². The van der Waals surface area contributed by atoms with Crippen LogP contribution in [0.15, 0.2) is 18.2 Å². The minimum Gasteiger partial charge on any atom is -0.367 e. The highest BCUT2D eigenvalue weighted by Crippen LogP contribution is 2.33. The van der Waals surface area contributed by atoms with Crippen LogP contribution >= 0.6 is 34.2 Å². The van der Waals surface area contributed by atoms with E-state index in [0.717, 1.165) is 23.7 Å². The number of anilines is 1. The lowest BCUT2D eigenvalue weighted by Gasteiger charge is -2.43. The molecule has 1 heterocycles. The zero-order chi connectivity index (χ0) is 12.6. The Morgan fingerprint density at radius 1 is 1.41 bits per heavy atom. The first-order chi connectivity index (χ1) is 8.00. The van der Waals surface area contributed by atoms with E-state index in [-0.39, 0.29) is 0 Å². The Morgan fingerprint density at radius 2 is 2.12 bits per heavy atom. The summed E-state index contributed by atoms with van der Waals surface area (Å²) in [7, 11) is 0. The van der Waals surface area contributed by atoms with Crippen molar-refractivity contribution >= 4 is 39.9 Å². The molecule has 0 bridgehead atoms. The van der Waals surface area contributed by atoms with Crippen molar-refractivity contribution in [3.05, 3.63) is 26.8 Å². The summed E-state index contributed by atoms with van der Waals surface area (Å²) >= 11 is 8.62. The molecule has 0 radical (unpaired) electrons. The third-order valence-electron chi connectivity index (χ3n) is 3.85. The summed E-state index contributed by atoms with van der Waals surface area (Å²) in [6.07, 6.45) is 1.04. The minimum atomic E-state index is 0.309. The van der Waals surface area contributed by atoms with E-state index in [1.165, 1.54) is 3.57 Å². The Morgan fingerprint density at radius 3 is 2.76 bits per heavy atom. The molecule has 1 aliphatic rings. The van der Waals surface area contributed by atoms with Gasteiger partial charge in [0, 0.05) is 22.2 Å². The van der Waals surface area contributed by atoms with E-state index in [1.54, 1.807) is 0 Å². The standard InChI is InChI=1S/C13H18ClIN2/c1-8-9(2)17(6-5-12(8)16)13-4-3-10(15)7-11(13)14/h3-4,7-9,12H,5-6,16H2,1-2H3. The molecular weight excluding hydrogens is 347 g/mol. The predicted molar refractivity (Wildman–Crippen MR) is 82.7 cm³/mol. The second kappa shape index (κ2) is 5.33. The number of halogens is 2. The van der Waals surface area contributed by atoms with Gasteiger partial charge in [0.1, 0.15) is 0 Å². The Hall–Kier alpha value is -0.0000000000000000555. The summed E-state index contributed by atoms with van der Waals surface area (Å²) in [5.41, 5.74) is 7.25. The van der Waals surface area contributed by atoms with Crippen LogP contribution in [0.4, 0.5) is 5.69 Å². The van der Waals surface area contributed by atoms with Crippen molar-refractivity contribution in [3.63, 3.8) is 0 Å². The number of piperidine rings is 1. The van der Waals surface area contributed by atoms with Crippen molar-refractivity contribution in [1.82, 2.24) is 0 Å². The normalized spacial score (nSPS) is 29.5. The van der Waals surface area contributed by atoms with Gasteiger partial charge >= 0.3 is 0 Å². The third-order valence-corrected chi connectivity index (χ3v) is 4.82. The van der Waals surface area contributed by atoms with Crippen molar-refractivity contribution in [2.75, 3.05) is 11.4 Å². The molecule has 3 atom stereocenters. The van der Waals surface area contributed by atoms with Gasteiger partial charge in [-0.05, 0) is 60.1 Å². The van der Waals surface area contributed by atoms with Gasteiger partial charge in [0.25, 0.3) is 0 Å². The largest absolute Gasteiger partial charge is 0.367 e. The molecular formula is C13H18ClIN2. The fraction of sp³-hybridized carbons (Fsp3) is 0.538. The lowest BCUT2D eigenvalue weighted by atomic mass is 9.87. The van der Waals surface area contributed by atoms with Crippen LogP contribution in [0.25, 0.3) is 0 Å². The molecule has 0 saturated carbocycles. The van der Waals surface area contributed by atoms with Gasteiger partial charge in [-0.25, -0.2) is 0 Å². The van der Waals surface area contributed by atoms with Crippen molar-refractivity contribution < 1.29 is 0 Å². The molecule has 17 heavy (non-hydrogen) atoms. The molecule has 0 aliphatic carbocycles. The summed E-state index contributed by atoms with van der Waals surface area (Å²) in [4.78, 5) is 2.38. The van der Waals surface area contributed by atoms with Gasteiger partial charge in [0.05, 0.1) is 10.7 Å². The first-order valence-electron chi connectivity index (χ1n) is 5.98. The molecule has 94 valence electrons. The molecule has 0 aromatic heterocycles. The maximum atomic E-state index is 6.33. The number of benzene rings is 1. The van der Waals surface area contributed by atoms with Crippen molar-refractivity contribution in [1.29, 1.82) is 0 Å². The van der Waals surface area contributed by atoms with E-state index in [9.17, 15) is 0 Å². The average molecular weight is 365 g/mol. The maximum absolute atomic E-state index is 6.33. The van der Waals surface area contributed by atoms with Gasteiger partial charge in [-0.3, -0.25) is 0 Å². The Labute approximate surface area is 122 Å². The topological polar surface area (TPSA) is 29.3 Å². The van der Waals surface area contributed by atoms with Gasteiger partial charge in [-0.1, -0.05) is 18.5 Å². The Balaban J connectivity index is 2.28. The highest BCUT2D eigenvalue weighted by Gasteiger charge is 2.31. The van der Waals surface area contributed by atoms with Crippen molar-refractivity contribution in [2.24, 2.45) is 11.7 Å². The molecule has 3 unspecified atom stereocenters. The van der Waals surface area contributed by atoms with Crippen LogP contribution in [0.3, 0.4) is 0 Å². The van der Waals surface area contributed by atoms with E-state index >= 15 is 0 Å². The fourth-order valence-corrected chi connectivity index (χ4v) is 3.41. The average Bonchev–Trinajstić information content (AvgIpc) is 2.28. The number of hydrogen-bond donors (Lipinski definition) is 1. The number of hydrogen-bond acceptors (Lipinski definition) is 2. The summed E-state index contributed by atoms with van der Waals surface area (Å²) in [6.45, 7) is 5.45. The van der Waals surface area contributed by atoms with Crippen LogP contribution < -0.4 is 10.6 Å². The van der Waals surface area contributed by atoms with E-state index < -0.39 is 0 Å². The van der Waals surface area contributed by atoms with Gasteiger partial charge in [-0.2, -0.15) is 0 Å². The zero-order valence-corrected chi connectivity index (χ0v) is 13.1. The maximum Gasteiger partial charge on any atom is 0.0650 e. The van der Waals surface area contributed by atoms with E-state index in [2.05, 4.69) is 53.5 Å². The highest BCUT2D eigenvalue weighted by atomic mass is 127. The summed E-state index contributed by atoms with van der Waals surface area (Å²) in [5, 5.41) is 0.839. The Bertz CT molecular complexity index is 410. The van der Waals surface area contributed by atoms with Crippen LogP contribution in [-0.4, -0.2) is 18.6 Å². The number of nitrogens with two attached hydrogens (primary N) is 1. The molecule has 0 spiro atoms. The lowest BCUT2D eigenvalue weighted by Crippen LogP contribution is -2.52. The molecule has 2 nitrogen and oxygen atoms in total. The molecule has 1 aliphatic heterocycles. The molecule has 0 amide bonds. The second-order valence-corrected chi connectivity index (χ2v) is 6.49. The summed E-state index contributed by atoms with van der Waals surface area (Å²) < 4.78 is 1.17. The summed E-state index contributed by atoms with van der Waals surface area (Å²) in [5.74, 6) is 0.499. The molecule has 1 fully saturated rings. The molecule has 2 rings (SSSR count). The van der Waals surface area contributed by atoms with Crippen molar-refractivity contribution in [3.8, 4) is 0 Å². The van der Waals surface area contributed by atoms with E-state index in [0.29, 0.717) is 18.0 Å². The first kappa shape index (κ1) is 13.4. The van der Waals surface area contributed by atoms with Crippen molar-refractivity contribution in [2.45, 2.75) is 32.4 Å². The lowest BCUT2D eigenvalue weighted by molar-refractivity contribution is 0.315. The smallest absolute Gasteiger partial charge is 0.0650 e. The van der Waals surface area contributed by atoms with Crippen LogP contribution in [0, 0.1) is 9.49 Å². The third kappa shape index (κ3) is 2.71. The highest BCUT2D eigenvalue weighted by molar-refractivity contribution is 14.1. The monoisotopic (exact) mass is 364 g/mol. The number of nitrogens with zero attached hydrogens (tertiary/aromatic N) is 1.